The summed E-state index contributed by atoms with van der Waals surface area (Å²) in [6, 6.07) is 12.3. The Labute approximate surface area is 291 Å². The number of aromatic nitrogens is 1. The van der Waals surface area contributed by atoms with Crippen LogP contribution in [0.5, 0.6) is 5.75 Å². The fourth-order valence-corrected chi connectivity index (χ4v) is 7.90. The Hall–Kier alpha value is -3.64. The molecular weight excluding hydrogens is 717 g/mol. The molecule has 6 rings (SSSR count). The summed E-state index contributed by atoms with van der Waals surface area (Å²) >= 11 is 6.36. The topological polar surface area (TPSA) is 214 Å². The van der Waals surface area contributed by atoms with Gasteiger partial charge in [0.15, 0.2) is 0 Å². The number of H-pyrrole nitrogens is 1. The maximum atomic E-state index is 14.0. The number of nitro benzene ring substituents is 1. The van der Waals surface area contributed by atoms with Gasteiger partial charge in [0.2, 0.25) is 10.0 Å². The summed E-state index contributed by atoms with van der Waals surface area (Å²) in [5.41, 5.74) is 1.43. The predicted octanol–water partition coefficient (Wildman–Crippen LogP) is 3.70. The second kappa shape index (κ2) is 14.9. The first-order valence-corrected chi connectivity index (χ1v) is 19.3. The number of anilines is 1. The molecule has 0 radical (unpaired) electrons. The minimum Gasteiger partial charge on any atom is -0.494 e. The van der Waals surface area contributed by atoms with E-state index in [4.69, 9.17) is 30.9 Å². The van der Waals surface area contributed by atoms with E-state index in [1.807, 2.05) is 18.2 Å². The second-order valence-electron chi connectivity index (χ2n) is 11.9. The van der Waals surface area contributed by atoms with Crippen molar-refractivity contribution in [3.63, 3.8) is 0 Å². The number of non-ortho nitro benzene ring substituents is 1. The van der Waals surface area contributed by atoms with Crippen LogP contribution in [0.15, 0.2) is 53.4 Å². The highest BCUT2D eigenvalue weighted by Gasteiger charge is 2.37. The summed E-state index contributed by atoms with van der Waals surface area (Å²) < 4.78 is 54.5. The molecule has 1 amide bonds. The maximum absolute atomic E-state index is 14.0. The van der Waals surface area contributed by atoms with Gasteiger partial charge < -0.3 is 29.1 Å². The molecule has 0 aliphatic carbocycles. The highest BCUT2D eigenvalue weighted by atomic mass is 35.5. The standard InChI is InChI=1S/C31H35ClN5O11PS/c32-18-21-19-36(31(38)27-15-20-14-22(2-5-26(20)34-27)47-10-1-7-35-8-12-46-13-9-35)29-17-28(37(39)40)25-16-23(3-4-24(25)30(21)29)50(44,45)33-6-11-48-49(41,42)43/h2-5,14-17,21,33-34H,1,6-13,18-19H2,(H2,41,42,43). The van der Waals surface area contributed by atoms with Gasteiger partial charge in [-0.25, -0.2) is 17.7 Å². The number of phosphoric ester groups is 1. The molecule has 2 aliphatic rings. The molecule has 268 valence electrons. The lowest BCUT2D eigenvalue weighted by Gasteiger charge is -2.26. The Morgan fingerprint density at radius 2 is 1.90 bits per heavy atom. The maximum Gasteiger partial charge on any atom is 0.469 e. The highest BCUT2D eigenvalue weighted by molar-refractivity contribution is 7.89. The van der Waals surface area contributed by atoms with Gasteiger partial charge in [0.05, 0.1) is 47.3 Å². The third kappa shape index (κ3) is 7.96. The van der Waals surface area contributed by atoms with Gasteiger partial charge in [0.25, 0.3) is 11.6 Å². The van der Waals surface area contributed by atoms with Crippen molar-refractivity contribution in [3.05, 3.63) is 69.9 Å². The molecule has 4 N–H and O–H groups in total. The number of hydrogen-bond acceptors (Lipinski definition) is 10. The smallest absolute Gasteiger partial charge is 0.469 e. The van der Waals surface area contributed by atoms with Crippen molar-refractivity contribution in [3.8, 4) is 5.75 Å². The fourth-order valence-electron chi connectivity index (χ4n) is 6.28. The first-order chi connectivity index (χ1) is 23.8. The molecule has 50 heavy (non-hydrogen) atoms. The number of fused-ring (bicyclic) bond motifs is 4. The minimum atomic E-state index is -4.80. The lowest BCUT2D eigenvalue weighted by Crippen LogP contribution is -2.37. The summed E-state index contributed by atoms with van der Waals surface area (Å²) in [5, 5.41) is 13.4. The number of nitrogens with zero attached hydrogens (tertiary/aromatic N) is 3. The number of benzene rings is 3. The van der Waals surface area contributed by atoms with Gasteiger partial charge in [0.1, 0.15) is 11.4 Å². The number of amides is 1. The SMILES string of the molecule is O=C(c1cc2cc(OCCCN3CCOCC3)ccc2[nH]1)N1CC(CCl)c2c1cc([N+](=O)[O-])c1cc(S(=O)(=O)NCCOP(=O)(O)O)ccc21. The van der Waals surface area contributed by atoms with E-state index in [-0.39, 0.29) is 28.4 Å². The number of phosphoric acid groups is 1. The Morgan fingerprint density at radius 3 is 2.62 bits per heavy atom. The van der Waals surface area contributed by atoms with Crippen LogP contribution in [0.25, 0.3) is 21.7 Å². The summed E-state index contributed by atoms with van der Waals surface area (Å²) in [7, 11) is -9.05. The number of carbonyl (C=O) groups is 1. The third-order valence-electron chi connectivity index (χ3n) is 8.61. The summed E-state index contributed by atoms with van der Waals surface area (Å²) in [4.78, 5) is 49.9. The quantitative estimate of drug-likeness (QED) is 0.0477. The molecule has 3 heterocycles. The van der Waals surface area contributed by atoms with Crippen LogP contribution < -0.4 is 14.4 Å². The zero-order valence-corrected chi connectivity index (χ0v) is 29.1. The van der Waals surface area contributed by atoms with Crippen molar-refractivity contribution in [2.24, 2.45) is 0 Å². The normalized spacial score (nSPS) is 17.0. The van der Waals surface area contributed by atoms with Crippen molar-refractivity contribution < 1.29 is 46.5 Å². The molecule has 4 aromatic rings. The van der Waals surface area contributed by atoms with Crippen LogP contribution in [0.4, 0.5) is 11.4 Å². The number of aromatic amines is 1. The number of nitro groups is 1. The van der Waals surface area contributed by atoms with Crippen LogP contribution >= 0.6 is 19.4 Å². The molecule has 19 heteroatoms. The number of rotatable bonds is 14. The Kier molecular flexibility index (Phi) is 10.8. The van der Waals surface area contributed by atoms with Gasteiger partial charge in [0, 0.05) is 61.5 Å². The first kappa shape index (κ1) is 36.2. The Morgan fingerprint density at radius 1 is 1.12 bits per heavy atom. The molecule has 0 spiro atoms. The van der Waals surface area contributed by atoms with Gasteiger partial charge in [-0.2, -0.15) is 0 Å². The van der Waals surface area contributed by atoms with Crippen LogP contribution in [-0.4, -0.2) is 104 Å². The number of nitrogens with one attached hydrogen (secondary N) is 2. The molecule has 1 atom stereocenters. The van der Waals surface area contributed by atoms with Crippen LogP contribution in [-0.2, 0) is 23.8 Å². The Balaban J connectivity index is 1.24. The van der Waals surface area contributed by atoms with E-state index in [2.05, 4.69) is 19.1 Å². The molecule has 16 nitrogen and oxygen atoms in total. The van der Waals surface area contributed by atoms with Crippen molar-refractivity contribution in [1.82, 2.24) is 14.6 Å². The monoisotopic (exact) mass is 751 g/mol. The van der Waals surface area contributed by atoms with Crippen molar-refractivity contribution in [1.29, 1.82) is 0 Å². The zero-order valence-electron chi connectivity index (χ0n) is 26.6. The van der Waals surface area contributed by atoms with Crippen LogP contribution in [0.1, 0.15) is 28.4 Å². The molecule has 0 bridgehead atoms. The number of hydrogen-bond donors (Lipinski definition) is 4. The largest absolute Gasteiger partial charge is 0.494 e. The summed E-state index contributed by atoms with van der Waals surface area (Å²) in [6.07, 6.45) is 0.858. The minimum absolute atomic E-state index is 0.0237. The third-order valence-corrected chi connectivity index (χ3v) is 11.0. The first-order valence-electron chi connectivity index (χ1n) is 15.7. The van der Waals surface area contributed by atoms with Gasteiger partial charge >= 0.3 is 7.82 Å². The molecule has 1 fully saturated rings. The molecule has 1 saturated heterocycles. The van der Waals surface area contributed by atoms with E-state index < -0.39 is 53.4 Å². The molecule has 1 aromatic heterocycles. The number of carbonyl (C=O) groups excluding carboxylic acids is 1. The lowest BCUT2D eigenvalue weighted by molar-refractivity contribution is -0.383. The van der Waals surface area contributed by atoms with E-state index >= 15 is 0 Å². The average Bonchev–Trinajstić information content (AvgIpc) is 3.69. The average molecular weight is 752 g/mol. The van der Waals surface area contributed by atoms with Gasteiger partial charge in [-0.1, -0.05) is 6.07 Å². The second-order valence-corrected chi connectivity index (χ2v) is 15.2. The van der Waals surface area contributed by atoms with Gasteiger partial charge in [-0.15, -0.1) is 11.6 Å². The number of morpholine rings is 1. The van der Waals surface area contributed by atoms with Gasteiger partial charge in [-0.3, -0.25) is 24.3 Å². The van der Waals surface area contributed by atoms with E-state index in [0.29, 0.717) is 34.5 Å². The van der Waals surface area contributed by atoms with Crippen molar-refractivity contribution >= 4 is 68.4 Å². The molecule has 2 aliphatic heterocycles. The van der Waals surface area contributed by atoms with Crippen LogP contribution in [0.3, 0.4) is 0 Å². The molecule has 0 saturated carbocycles. The van der Waals surface area contributed by atoms with Crippen molar-refractivity contribution in [2.45, 2.75) is 17.2 Å². The molecule has 3 aromatic carbocycles. The van der Waals surface area contributed by atoms with E-state index in [9.17, 15) is 27.9 Å². The van der Waals surface area contributed by atoms with Crippen molar-refractivity contribution in [2.75, 3.05) is 69.9 Å². The van der Waals surface area contributed by atoms with E-state index in [1.165, 1.54) is 23.1 Å². The summed E-state index contributed by atoms with van der Waals surface area (Å²) in [6.45, 7) is 3.84. The number of alkyl halides is 1. The molecular formula is C31H35ClN5O11PS. The van der Waals surface area contributed by atoms with E-state index in [1.54, 1.807) is 6.07 Å². The number of sulfonamides is 1. The Bertz CT molecular complexity index is 2080. The van der Waals surface area contributed by atoms with Gasteiger partial charge in [-0.05, 0) is 53.8 Å². The fraction of sp³-hybridized carbons (Fsp3) is 0.387. The highest BCUT2D eigenvalue weighted by Crippen LogP contribution is 2.46. The van der Waals surface area contributed by atoms with Crippen LogP contribution in [0.2, 0.25) is 0 Å². The molecule has 1 unspecified atom stereocenters. The van der Waals surface area contributed by atoms with Crippen LogP contribution in [0, 0.1) is 10.1 Å². The zero-order chi connectivity index (χ0) is 35.6. The number of ether oxygens (including phenoxy) is 2. The predicted molar refractivity (Wildman–Crippen MR) is 185 cm³/mol. The van der Waals surface area contributed by atoms with E-state index in [0.717, 1.165) is 50.7 Å². The lowest BCUT2D eigenvalue weighted by atomic mass is 9.95. The summed E-state index contributed by atoms with van der Waals surface area (Å²) in [5.74, 6) is -0.0767. The number of halogens is 1.